The van der Waals surface area contributed by atoms with Crippen molar-refractivity contribution in [1.82, 2.24) is 0 Å². The first-order chi connectivity index (χ1) is 6.04. The van der Waals surface area contributed by atoms with Gasteiger partial charge in [-0.3, -0.25) is 0 Å². The van der Waals surface area contributed by atoms with E-state index in [1.807, 2.05) is 6.07 Å². The lowest BCUT2D eigenvalue weighted by Gasteiger charge is -1.94. The highest BCUT2D eigenvalue weighted by molar-refractivity contribution is 7.69. The highest BCUT2D eigenvalue weighted by Crippen LogP contribution is 1.82. The molecular formula is C6H10BNO4S. The number of hydrogen-bond acceptors (Lipinski definition) is 4. The van der Waals surface area contributed by atoms with Crippen LogP contribution in [0.15, 0.2) is 30.3 Å². The summed E-state index contributed by atoms with van der Waals surface area (Å²) in [5.74, 6) is 0. The molecule has 1 aromatic rings. The van der Waals surface area contributed by atoms with E-state index < -0.39 is 18.0 Å². The largest absolute Gasteiger partial charge is 0.488 e. The van der Waals surface area contributed by atoms with Crippen LogP contribution >= 0.6 is 0 Å². The maximum Gasteiger partial charge on any atom is 0.488 e. The monoisotopic (exact) mass is 203 g/mol. The molecule has 0 radical (unpaired) electrons. The Morgan fingerprint density at radius 2 is 1.54 bits per heavy atom. The average Bonchev–Trinajstić information content (AvgIpc) is 2.05. The molecule has 0 aliphatic carbocycles. The average molecular weight is 203 g/mol. The van der Waals surface area contributed by atoms with Gasteiger partial charge in [0.2, 0.25) is 0 Å². The second kappa shape index (κ2) is 6.61. The first-order valence-electron chi connectivity index (χ1n) is 3.34. The molecule has 0 atom stereocenters. The number of thiol groups is 1. The van der Waals surface area contributed by atoms with Gasteiger partial charge in [-0.1, -0.05) is 30.3 Å². The molecule has 13 heavy (non-hydrogen) atoms. The van der Waals surface area contributed by atoms with Crippen LogP contribution in [0.4, 0.5) is 0 Å². The zero-order valence-corrected chi connectivity index (χ0v) is 7.59. The normalized spacial score (nSPS) is 8.92. The molecular weight excluding hydrogens is 193 g/mol. The van der Waals surface area contributed by atoms with Crippen LogP contribution in [0.3, 0.4) is 0 Å². The Morgan fingerprint density at radius 3 is 1.77 bits per heavy atom. The first-order valence-corrected chi connectivity index (χ1v) is 4.59. The van der Waals surface area contributed by atoms with Crippen molar-refractivity contribution in [2.45, 2.75) is 0 Å². The predicted molar refractivity (Wildman–Crippen MR) is 50.8 cm³/mol. The van der Waals surface area contributed by atoms with Gasteiger partial charge >= 0.3 is 7.12 Å². The summed E-state index contributed by atoms with van der Waals surface area (Å²) in [5.41, 5.74) is 0.525. The Bertz CT molecular complexity index is 293. The topological polar surface area (TPSA) is 101 Å². The summed E-state index contributed by atoms with van der Waals surface area (Å²) in [6.45, 7) is 0. The molecule has 5 nitrogen and oxygen atoms in total. The summed E-state index contributed by atoms with van der Waals surface area (Å²) in [5, 5.41) is 21.2. The Hall–Kier alpha value is -0.885. The Labute approximate surface area is 78.1 Å². The van der Waals surface area contributed by atoms with E-state index in [0.29, 0.717) is 5.46 Å². The fraction of sp³-hybridized carbons (Fsp3) is 0. The van der Waals surface area contributed by atoms with Crippen molar-refractivity contribution in [1.29, 1.82) is 0 Å². The molecule has 0 aromatic heterocycles. The molecule has 0 saturated heterocycles. The van der Waals surface area contributed by atoms with E-state index in [9.17, 15) is 0 Å². The van der Waals surface area contributed by atoms with Gasteiger partial charge in [-0.2, -0.15) is 0 Å². The van der Waals surface area contributed by atoms with Crippen LogP contribution in [0.1, 0.15) is 0 Å². The Kier molecular flexibility index (Phi) is 6.16. The summed E-state index contributed by atoms with van der Waals surface area (Å²) in [4.78, 5) is 0. The quantitative estimate of drug-likeness (QED) is 0.308. The molecule has 0 aliphatic heterocycles. The minimum Gasteiger partial charge on any atom is -0.423 e. The molecule has 1 rings (SSSR count). The van der Waals surface area contributed by atoms with E-state index in [1.54, 1.807) is 24.3 Å². The van der Waals surface area contributed by atoms with Crippen LogP contribution < -0.4 is 10.6 Å². The van der Waals surface area contributed by atoms with E-state index in [2.05, 4.69) is 5.14 Å². The van der Waals surface area contributed by atoms with Crippen LogP contribution in [0.5, 0.6) is 0 Å². The highest BCUT2D eigenvalue weighted by atomic mass is 32.2. The van der Waals surface area contributed by atoms with E-state index in [0.717, 1.165) is 0 Å². The van der Waals surface area contributed by atoms with Crippen molar-refractivity contribution in [2.24, 2.45) is 5.14 Å². The van der Waals surface area contributed by atoms with Crippen molar-refractivity contribution >= 4 is 23.5 Å². The summed E-state index contributed by atoms with van der Waals surface area (Å²) in [7, 11) is -3.96. The van der Waals surface area contributed by atoms with Gasteiger partial charge in [0.1, 0.15) is 0 Å². The molecule has 0 bridgehead atoms. The van der Waals surface area contributed by atoms with E-state index in [-0.39, 0.29) is 0 Å². The number of rotatable bonds is 1. The van der Waals surface area contributed by atoms with Crippen LogP contribution in [-0.4, -0.2) is 25.6 Å². The van der Waals surface area contributed by atoms with Gasteiger partial charge in [0.05, 0.1) is 0 Å². The molecule has 72 valence electrons. The van der Waals surface area contributed by atoms with Crippen LogP contribution in [-0.2, 0) is 10.9 Å². The minimum absolute atomic E-state index is 0.525. The fourth-order valence-electron chi connectivity index (χ4n) is 0.625. The summed E-state index contributed by atoms with van der Waals surface area (Å²) in [6, 6.07) is 8.66. The first kappa shape index (κ1) is 12.1. The van der Waals surface area contributed by atoms with Crippen molar-refractivity contribution in [3.8, 4) is 0 Å². The molecule has 0 saturated carbocycles. The van der Waals surface area contributed by atoms with Crippen LogP contribution in [0.25, 0.3) is 0 Å². The zero-order valence-electron chi connectivity index (χ0n) is 6.70. The Morgan fingerprint density at radius 1 is 1.15 bits per heavy atom. The van der Waals surface area contributed by atoms with Crippen molar-refractivity contribution in [2.75, 3.05) is 0 Å². The van der Waals surface area contributed by atoms with Gasteiger partial charge in [0.15, 0.2) is 10.9 Å². The fourth-order valence-corrected chi connectivity index (χ4v) is 0.625. The van der Waals surface area contributed by atoms with E-state index in [1.165, 1.54) is 0 Å². The zero-order chi connectivity index (χ0) is 10.3. The summed E-state index contributed by atoms with van der Waals surface area (Å²) >= 11 is 0. The third-order valence-electron chi connectivity index (χ3n) is 1.10. The maximum atomic E-state index is 8.81. The molecule has 0 unspecified atom stereocenters. The number of nitrogens with two attached hydrogens (primary N) is 1. The second-order valence-corrected chi connectivity index (χ2v) is 2.64. The Balaban J connectivity index is 0.000000310. The van der Waals surface area contributed by atoms with Gasteiger partial charge in [-0.25, -0.2) is 13.6 Å². The lowest BCUT2D eigenvalue weighted by atomic mass is 9.81. The minimum atomic E-state index is -2.62. The molecule has 7 heteroatoms. The molecule has 1 aromatic carbocycles. The molecule has 0 spiro atoms. The van der Waals surface area contributed by atoms with Gasteiger partial charge < -0.3 is 10.0 Å². The van der Waals surface area contributed by atoms with Crippen molar-refractivity contribution in [3.63, 3.8) is 0 Å². The third-order valence-corrected chi connectivity index (χ3v) is 1.10. The van der Waals surface area contributed by atoms with Gasteiger partial charge in [-0.15, -0.1) is 0 Å². The standard InChI is InChI=1S/C6H7BO2.H3NO2S/c8-7(9)6-4-2-1-3-5-6;1-4(2)3/h1-5,8-9H;4H,(H2,1,2,3). The number of hydrogen-bond donors (Lipinski definition) is 4. The van der Waals surface area contributed by atoms with Gasteiger partial charge in [-0.05, 0) is 5.46 Å². The molecule has 0 heterocycles. The van der Waals surface area contributed by atoms with Crippen molar-refractivity contribution in [3.05, 3.63) is 30.3 Å². The van der Waals surface area contributed by atoms with Crippen LogP contribution in [0, 0.1) is 0 Å². The second-order valence-electron chi connectivity index (χ2n) is 2.07. The summed E-state index contributed by atoms with van der Waals surface area (Å²) < 4.78 is 17.6. The van der Waals surface area contributed by atoms with Crippen molar-refractivity contribution < 1.29 is 18.5 Å². The molecule has 0 fully saturated rings. The van der Waals surface area contributed by atoms with Gasteiger partial charge in [0, 0.05) is 0 Å². The molecule has 0 aliphatic rings. The lowest BCUT2D eigenvalue weighted by molar-refractivity contribution is 0.426. The van der Waals surface area contributed by atoms with Gasteiger partial charge in [0.25, 0.3) is 0 Å². The SMILES string of the molecule is N[SH](=O)=O.OB(O)c1ccccc1. The molecule has 0 amide bonds. The van der Waals surface area contributed by atoms with E-state index in [4.69, 9.17) is 18.5 Å². The smallest absolute Gasteiger partial charge is 0.423 e. The maximum absolute atomic E-state index is 8.81. The number of benzene rings is 1. The van der Waals surface area contributed by atoms with Crippen LogP contribution in [0.2, 0.25) is 0 Å². The van der Waals surface area contributed by atoms with E-state index >= 15 is 0 Å². The predicted octanol–water partition coefficient (Wildman–Crippen LogP) is -2.16. The third kappa shape index (κ3) is 7.47. The highest BCUT2D eigenvalue weighted by Gasteiger charge is 2.07. The molecule has 4 N–H and O–H groups in total. The summed E-state index contributed by atoms with van der Waals surface area (Å²) in [6.07, 6.45) is 0. The lowest BCUT2D eigenvalue weighted by Crippen LogP contribution is -2.29.